The van der Waals surface area contributed by atoms with Gasteiger partial charge in [0, 0.05) is 12.1 Å². The van der Waals surface area contributed by atoms with E-state index >= 15 is 0 Å². The van der Waals surface area contributed by atoms with Crippen LogP contribution in [-0.4, -0.2) is 14.2 Å². The Balaban J connectivity index is 3.11. The van der Waals surface area contributed by atoms with Gasteiger partial charge in [-0.2, -0.15) is 0 Å². The van der Waals surface area contributed by atoms with E-state index in [2.05, 4.69) is 5.32 Å². The Morgan fingerprint density at radius 2 is 2.15 bits per heavy atom. The van der Waals surface area contributed by atoms with Gasteiger partial charge in [0.2, 0.25) is 0 Å². The Bertz CT molecular complexity index is 299. The quantitative estimate of drug-likeness (QED) is 0.772. The summed E-state index contributed by atoms with van der Waals surface area (Å²) < 4.78 is 18.4. The fourth-order valence-corrected chi connectivity index (χ4v) is 1.28. The fourth-order valence-electron chi connectivity index (χ4n) is 1.28. The summed E-state index contributed by atoms with van der Waals surface area (Å²) in [5.41, 5.74) is 1.64. The van der Waals surface area contributed by atoms with Crippen molar-refractivity contribution in [1.29, 1.82) is 0 Å². The first kappa shape index (κ1) is 9.99. The number of nitrogens with one attached hydrogen (secondary N) is 1. The SMILES string of the molecule is CNCc1cc(C)cc(OC)c1F. The number of benzene rings is 1. The fraction of sp³-hybridized carbons (Fsp3) is 0.400. The number of hydrogen-bond acceptors (Lipinski definition) is 2. The molecule has 0 atom stereocenters. The molecule has 0 unspecified atom stereocenters. The number of halogens is 1. The Kier molecular flexibility index (Phi) is 3.25. The van der Waals surface area contributed by atoms with E-state index in [4.69, 9.17) is 4.74 Å². The van der Waals surface area contributed by atoms with Crippen molar-refractivity contribution < 1.29 is 9.13 Å². The molecule has 0 bridgehead atoms. The Morgan fingerprint density at radius 3 is 2.69 bits per heavy atom. The van der Waals surface area contributed by atoms with Crippen molar-refractivity contribution in [2.45, 2.75) is 13.5 Å². The van der Waals surface area contributed by atoms with Gasteiger partial charge in [0.25, 0.3) is 0 Å². The molecule has 1 aromatic rings. The lowest BCUT2D eigenvalue weighted by atomic mass is 10.1. The molecule has 0 aliphatic rings. The lowest BCUT2D eigenvalue weighted by Gasteiger charge is -2.08. The third-order valence-electron chi connectivity index (χ3n) is 1.85. The van der Waals surface area contributed by atoms with Crippen LogP contribution < -0.4 is 10.1 Å². The predicted molar refractivity (Wildman–Crippen MR) is 50.5 cm³/mol. The number of ether oxygens (including phenoxy) is 1. The zero-order valence-electron chi connectivity index (χ0n) is 8.15. The van der Waals surface area contributed by atoms with Gasteiger partial charge < -0.3 is 10.1 Å². The Hall–Kier alpha value is -1.09. The van der Waals surface area contributed by atoms with Gasteiger partial charge in [0.05, 0.1) is 7.11 Å². The molecule has 0 amide bonds. The van der Waals surface area contributed by atoms with E-state index in [9.17, 15) is 4.39 Å². The molecule has 0 aliphatic heterocycles. The molecule has 0 radical (unpaired) electrons. The number of aryl methyl sites for hydroxylation is 1. The van der Waals surface area contributed by atoms with E-state index in [0.29, 0.717) is 17.9 Å². The first-order valence-corrected chi connectivity index (χ1v) is 4.16. The highest BCUT2D eigenvalue weighted by Gasteiger charge is 2.08. The van der Waals surface area contributed by atoms with Gasteiger partial charge in [-0.3, -0.25) is 0 Å². The number of methoxy groups -OCH3 is 1. The minimum absolute atomic E-state index is 0.276. The van der Waals surface area contributed by atoms with E-state index in [0.717, 1.165) is 5.56 Å². The third kappa shape index (κ3) is 2.18. The first-order valence-electron chi connectivity index (χ1n) is 4.16. The molecule has 2 nitrogen and oxygen atoms in total. The summed E-state index contributed by atoms with van der Waals surface area (Å²) in [4.78, 5) is 0. The maximum Gasteiger partial charge on any atom is 0.169 e. The molecule has 0 fully saturated rings. The molecule has 3 heteroatoms. The third-order valence-corrected chi connectivity index (χ3v) is 1.85. The minimum Gasteiger partial charge on any atom is -0.494 e. The summed E-state index contributed by atoms with van der Waals surface area (Å²) >= 11 is 0. The Morgan fingerprint density at radius 1 is 1.46 bits per heavy atom. The van der Waals surface area contributed by atoms with Crippen LogP contribution in [0.3, 0.4) is 0 Å². The normalized spacial score (nSPS) is 10.2. The van der Waals surface area contributed by atoms with Crippen LogP contribution in [0.15, 0.2) is 12.1 Å². The molecular formula is C10H14FNO. The summed E-state index contributed by atoms with van der Waals surface area (Å²) in [6, 6.07) is 3.50. The van der Waals surface area contributed by atoms with Crippen LogP contribution in [0.5, 0.6) is 5.75 Å². The van der Waals surface area contributed by atoms with Gasteiger partial charge in [-0.05, 0) is 25.6 Å². The zero-order valence-corrected chi connectivity index (χ0v) is 8.15. The lowest BCUT2D eigenvalue weighted by molar-refractivity contribution is 0.383. The molecule has 1 rings (SSSR count). The zero-order chi connectivity index (χ0) is 9.84. The maximum absolute atomic E-state index is 13.5. The first-order chi connectivity index (χ1) is 6.19. The van der Waals surface area contributed by atoms with E-state index in [1.807, 2.05) is 13.0 Å². The van der Waals surface area contributed by atoms with Crippen molar-refractivity contribution in [3.05, 3.63) is 29.1 Å². The summed E-state index contributed by atoms with van der Waals surface area (Å²) in [5, 5.41) is 2.91. The molecule has 0 spiro atoms. The van der Waals surface area contributed by atoms with Crippen LogP contribution in [0.1, 0.15) is 11.1 Å². The van der Waals surface area contributed by atoms with Gasteiger partial charge in [0.15, 0.2) is 11.6 Å². The molecule has 0 heterocycles. The minimum atomic E-state index is -0.276. The molecule has 1 N–H and O–H groups in total. The van der Waals surface area contributed by atoms with Gasteiger partial charge in [-0.25, -0.2) is 4.39 Å². The van der Waals surface area contributed by atoms with Gasteiger partial charge in [-0.1, -0.05) is 6.07 Å². The molecule has 0 aliphatic carbocycles. The largest absolute Gasteiger partial charge is 0.494 e. The molecule has 1 aromatic carbocycles. The second kappa shape index (κ2) is 4.23. The van der Waals surface area contributed by atoms with E-state index < -0.39 is 0 Å². The second-order valence-electron chi connectivity index (χ2n) is 2.97. The Labute approximate surface area is 77.7 Å². The average Bonchev–Trinajstić information content (AvgIpc) is 2.11. The average molecular weight is 183 g/mol. The summed E-state index contributed by atoms with van der Waals surface area (Å²) in [5.74, 6) is 0.0349. The highest BCUT2D eigenvalue weighted by atomic mass is 19.1. The van der Waals surface area contributed by atoms with Crippen LogP contribution in [0, 0.1) is 12.7 Å². The van der Waals surface area contributed by atoms with Crippen LogP contribution in [0.25, 0.3) is 0 Å². The van der Waals surface area contributed by atoms with Crippen molar-refractivity contribution in [1.82, 2.24) is 5.32 Å². The molecular weight excluding hydrogens is 169 g/mol. The molecule has 0 saturated heterocycles. The number of hydrogen-bond donors (Lipinski definition) is 1. The van der Waals surface area contributed by atoms with E-state index in [1.54, 1.807) is 13.1 Å². The van der Waals surface area contributed by atoms with E-state index in [-0.39, 0.29) is 5.82 Å². The molecule has 0 aromatic heterocycles. The van der Waals surface area contributed by atoms with E-state index in [1.165, 1.54) is 7.11 Å². The summed E-state index contributed by atoms with van der Waals surface area (Å²) in [6.45, 7) is 2.44. The highest BCUT2D eigenvalue weighted by molar-refractivity contribution is 5.35. The van der Waals surface area contributed by atoms with Crippen LogP contribution in [0.2, 0.25) is 0 Å². The molecule has 13 heavy (non-hydrogen) atoms. The molecule has 72 valence electrons. The number of rotatable bonds is 3. The summed E-state index contributed by atoms with van der Waals surface area (Å²) in [6.07, 6.45) is 0. The summed E-state index contributed by atoms with van der Waals surface area (Å²) in [7, 11) is 3.26. The van der Waals surface area contributed by atoms with Crippen molar-refractivity contribution in [2.24, 2.45) is 0 Å². The topological polar surface area (TPSA) is 21.3 Å². The molecule has 0 saturated carbocycles. The van der Waals surface area contributed by atoms with Crippen molar-refractivity contribution in [3.63, 3.8) is 0 Å². The second-order valence-corrected chi connectivity index (χ2v) is 2.97. The van der Waals surface area contributed by atoms with Crippen molar-refractivity contribution in [2.75, 3.05) is 14.2 Å². The van der Waals surface area contributed by atoms with Crippen LogP contribution in [0.4, 0.5) is 4.39 Å². The van der Waals surface area contributed by atoms with Crippen molar-refractivity contribution in [3.8, 4) is 5.75 Å². The standard InChI is InChI=1S/C10H14FNO/c1-7-4-8(6-12-2)10(11)9(5-7)13-3/h4-5,12H,6H2,1-3H3. The highest BCUT2D eigenvalue weighted by Crippen LogP contribution is 2.22. The maximum atomic E-state index is 13.5. The van der Waals surface area contributed by atoms with Crippen LogP contribution >= 0.6 is 0 Å². The van der Waals surface area contributed by atoms with Crippen LogP contribution in [-0.2, 0) is 6.54 Å². The predicted octanol–water partition coefficient (Wildman–Crippen LogP) is 1.86. The smallest absolute Gasteiger partial charge is 0.169 e. The van der Waals surface area contributed by atoms with Crippen molar-refractivity contribution >= 4 is 0 Å². The van der Waals surface area contributed by atoms with Gasteiger partial charge >= 0.3 is 0 Å². The van der Waals surface area contributed by atoms with Gasteiger partial charge in [0.1, 0.15) is 0 Å². The van der Waals surface area contributed by atoms with Gasteiger partial charge in [-0.15, -0.1) is 0 Å². The monoisotopic (exact) mass is 183 g/mol. The lowest BCUT2D eigenvalue weighted by Crippen LogP contribution is -2.08.